The number of hydrogen-bond acceptors (Lipinski definition) is 4. The summed E-state index contributed by atoms with van der Waals surface area (Å²) in [5, 5.41) is 0. The molecule has 0 aliphatic carbocycles. The van der Waals surface area contributed by atoms with E-state index in [1.165, 1.54) is 6.33 Å². The predicted octanol–water partition coefficient (Wildman–Crippen LogP) is 1.92. The zero-order valence-electron chi connectivity index (χ0n) is 7.80. The maximum Gasteiger partial charge on any atom is 0.205 e. The van der Waals surface area contributed by atoms with Gasteiger partial charge in [-0.15, -0.1) is 0 Å². The van der Waals surface area contributed by atoms with Crippen molar-refractivity contribution in [2.45, 2.75) is 13.1 Å². The fourth-order valence-electron chi connectivity index (χ4n) is 1.02. The molecule has 1 aromatic heterocycles. The van der Waals surface area contributed by atoms with Gasteiger partial charge in [-0.1, -0.05) is 0 Å². The SMILES string of the molecule is CCOP(C)(=O)Cc1ccncn1. The Bertz CT molecular complexity index is 302. The van der Waals surface area contributed by atoms with E-state index >= 15 is 0 Å². The lowest BCUT2D eigenvalue weighted by Crippen LogP contribution is -1.95. The van der Waals surface area contributed by atoms with Crippen LogP contribution in [0.1, 0.15) is 12.6 Å². The summed E-state index contributed by atoms with van der Waals surface area (Å²) in [4.78, 5) is 7.76. The molecule has 0 radical (unpaired) electrons. The van der Waals surface area contributed by atoms with Gasteiger partial charge in [0.05, 0.1) is 18.5 Å². The highest BCUT2D eigenvalue weighted by Crippen LogP contribution is 2.45. The first-order valence-electron chi connectivity index (χ1n) is 4.10. The van der Waals surface area contributed by atoms with Gasteiger partial charge in [-0.05, 0) is 13.0 Å². The first-order chi connectivity index (χ1) is 6.14. The van der Waals surface area contributed by atoms with E-state index < -0.39 is 7.37 Å². The van der Waals surface area contributed by atoms with E-state index in [-0.39, 0.29) is 0 Å². The van der Waals surface area contributed by atoms with Gasteiger partial charge in [0.1, 0.15) is 6.33 Å². The van der Waals surface area contributed by atoms with E-state index in [4.69, 9.17) is 4.52 Å². The maximum atomic E-state index is 11.7. The number of rotatable bonds is 4. The van der Waals surface area contributed by atoms with Crippen molar-refractivity contribution in [3.8, 4) is 0 Å². The van der Waals surface area contributed by atoms with E-state index in [2.05, 4.69) is 9.97 Å². The standard InChI is InChI=1S/C8H13N2O2P/c1-3-12-13(2,11)6-8-4-5-9-7-10-8/h4-5,7H,3,6H2,1-2H3. The van der Waals surface area contributed by atoms with Gasteiger partial charge >= 0.3 is 0 Å². The molecular weight excluding hydrogens is 187 g/mol. The van der Waals surface area contributed by atoms with Crippen LogP contribution in [-0.2, 0) is 15.3 Å². The van der Waals surface area contributed by atoms with Crippen LogP contribution in [0.15, 0.2) is 18.6 Å². The van der Waals surface area contributed by atoms with Gasteiger partial charge in [0.2, 0.25) is 7.37 Å². The molecule has 0 N–H and O–H groups in total. The summed E-state index contributed by atoms with van der Waals surface area (Å²) in [5.41, 5.74) is 0.759. The topological polar surface area (TPSA) is 52.1 Å². The molecule has 13 heavy (non-hydrogen) atoms. The Morgan fingerprint density at radius 1 is 1.62 bits per heavy atom. The monoisotopic (exact) mass is 200 g/mol. The van der Waals surface area contributed by atoms with E-state index in [1.54, 1.807) is 18.9 Å². The van der Waals surface area contributed by atoms with Gasteiger partial charge in [-0.2, -0.15) is 0 Å². The van der Waals surface area contributed by atoms with Gasteiger partial charge in [0.15, 0.2) is 0 Å². The third-order valence-corrected chi connectivity index (χ3v) is 3.20. The highest BCUT2D eigenvalue weighted by atomic mass is 31.2. The van der Waals surface area contributed by atoms with Crippen molar-refractivity contribution in [2.75, 3.05) is 13.3 Å². The molecule has 0 spiro atoms. The fourth-order valence-corrected chi connectivity index (χ4v) is 2.44. The molecule has 4 nitrogen and oxygen atoms in total. The second kappa shape index (κ2) is 4.49. The minimum atomic E-state index is -2.50. The van der Waals surface area contributed by atoms with Gasteiger partial charge < -0.3 is 4.52 Å². The molecule has 0 fully saturated rings. The highest BCUT2D eigenvalue weighted by Gasteiger charge is 2.16. The number of hydrogen-bond donors (Lipinski definition) is 0. The molecule has 0 bridgehead atoms. The van der Waals surface area contributed by atoms with E-state index in [0.717, 1.165) is 5.69 Å². The molecule has 72 valence electrons. The van der Waals surface area contributed by atoms with Crippen molar-refractivity contribution in [1.29, 1.82) is 0 Å². The van der Waals surface area contributed by atoms with Crippen LogP contribution in [0.3, 0.4) is 0 Å². The lowest BCUT2D eigenvalue weighted by Gasteiger charge is -2.11. The number of nitrogens with zero attached hydrogens (tertiary/aromatic N) is 2. The Labute approximate surface area is 77.8 Å². The summed E-state index contributed by atoms with van der Waals surface area (Å²) >= 11 is 0. The van der Waals surface area contributed by atoms with Crippen molar-refractivity contribution in [1.82, 2.24) is 9.97 Å². The minimum Gasteiger partial charge on any atom is -0.329 e. The normalized spacial score (nSPS) is 15.2. The van der Waals surface area contributed by atoms with Crippen LogP contribution in [0.25, 0.3) is 0 Å². The number of aromatic nitrogens is 2. The zero-order valence-corrected chi connectivity index (χ0v) is 8.70. The largest absolute Gasteiger partial charge is 0.329 e. The Kier molecular flexibility index (Phi) is 3.58. The second-order valence-electron chi connectivity index (χ2n) is 2.79. The molecule has 1 atom stereocenters. The zero-order chi connectivity index (χ0) is 9.73. The Hall–Kier alpha value is -0.730. The summed E-state index contributed by atoms with van der Waals surface area (Å²) in [6, 6.07) is 1.75. The average molecular weight is 200 g/mol. The summed E-state index contributed by atoms with van der Waals surface area (Å²) < 4.78 is 16.8. The van der Waals surface area contributed by atoms with E-state index in [9.17, 15) is 4.57 Å². The van der Waals surface area contributed by atoms with Crippen LogP contribution in [0.5, 0.6) is 0 Å². The molecule has 0 aliphatic heterocycles. The Morgan fingerprint density at radius 2 is 2.38 bits per heavy atom. The second-order valence-corrected chi connectivity index (χ2v) is 5.39. The van der Waals surface area contributed by atoms with Crippen LogP contribution in [0.2, 0.25) is 0 Å². The molecular formula is C8H13N2O2P. The first-order valence-corrected chi connectivity index (χ1v) is 6.36. The Balaban J connectivity index is 2.64. The molecule has 1 aromatic rings. The van der Waals surface area contributed by atoms with E-state index in [1.807, 2.05) is 6.92 Å². The van der Waals surface area contributed by atoms with Gasteiger partial charge in [0, 0.05) is 12.9 Å². The average Bonchev–Trinajstić information content (AvgIpc) is 2.04. The first kappa shape index (κ1) is 10.4. The Morgan fingerprint density at radius 3 is 2.92 bits per heavy atom. The van der Waals surface area contributed by atoms with E-state index in [0.29, 0.717) is 12.8 Å². The summed E-state index contributed by atoms with van der Waals surface area (Å²) in [6.45, 7) is 3.92. The third-order valence-electron chi connectivity index (χ3n) is 1.49. The molecule has 0 saturated carbocycles. The lowest BCUT2D eigenvalue weighted by atomic mass is 10.5. The van der Waals surface area contributed by atoms with Crippen molar-refractivity contribution in [3.05, 3.63) is 24.3 Å². The molecule has 1 rings (SSSR count). The third kappa shape index (κ3) is 3.66. The smallest absolute Gasteiger partial charge is 0.205 e. The molecule has 5 heteroatoms. The van der Waals surface area contributed by atoms with Crippen molar-refractivity contribution in [3.63, 3.8) is 0 Å². The van der Waals surface area contributed by atoms with Crippen molar-refractivity contribution < 1.29 is 9.09 Å². The van der Waals surface area contributed by atoms with Crippen LogP contribution < -0.4 is 0 Å². The molecule has 1 heterocycles. The molecule has 0 aromatic carbocycles. The maximum absolute atomic E-state index is 11.7. The highest BCUT2D eigenvalue weighted by molar-refractivity contribution is 7.57. The summed E-state index contributed by atoms with van der Waals surface area (Å²) in [5.74, 6) is 0. The lowest BCUT2D eigenvalue weighted by molar-refractivity contribution is 0.336. The minimum absolute atomic E-state index is 0.378. The summed E-state index contributed by atoms with van der Waals surface area (Å²) in [6.07, 6.45) is 3.46. The molecule has 1 unspecified atom stereocenters. The van der Waals surface area contributed by atoms with Gasteiger partial charge in [0.25, 0.3) is 0 Å². The van der Waals surface area contributed by atoms with Crippen LogP contribution in [-0.4, -0.2) is 23.2 Å². The quantitative estimate of drug-likeness (QED) is 0.697. The summed E-state index contributed by atoms with van der Waals surface area (Å²) in [7, 11) is -2.50. The van der Waals surface area contributed by atoms with Crippen LogP contribution in [0.4, 0.5) is 0 Å². The predicted molar refractivity (Wildman–Crippen MR) is 50.9 cm³/mol. The molecule has 0 saturated heterocycles. The van der Waals surface area contributed by atoms with Crippen LogP contribution in [0, 0.1) is 0 Å². The van der Waals surface area contributed by atoms with Crippen molar-refractivity contribution in [2.24, 2.45) is 0 Å². The van der Waals surface area contributed by atoms with Crippen LogP contribution >= 0.6 is 7.37 Å². The van der Waals surface area contributed by atoms with Gasteiger partial charge in [-0.25, -0.2) is 9.97 Å². The fraction of sp³-hybridized carbons (Fsp3) is 0.500. The molecule has 0 amide bonds. The van der Waals surface area contributed by atoms with Gasteiger partial charge in [-0.3, -0.25) is 4.57 Å². The van der Waals surface area contributed by atoms with Crippen molar-refractivity contribution >= 4 is 7.37 Å². The molecule has 0 aliphatic rings.